The van der Waals surface area contributed by atoms with Crippen molar-refractivity contribution < 1.29 is 4.74 Å². The first-order valence-electron chi connectivity index (χ1n) is 7.60. The molecule has 1 aromatic rings. The maximum atomic E-state index is 5.94. The Balaban J connectivity index is 1.79. The molecule has 116 valence electrons. The molecule has 1 aliphatic heterocycles. The van der Waals surface area contributed by atoms with Crippen LogP contribution in [0.5, 0.6) is 5.75 Å². The zero-order chi connectivity index (χ0) is 15.1. The molecule has 1 heterocycles. The van der Waals surface area contributed by atoms with Gasteiger partial charge < -0.3 is 20.7 Å². The average Bonchev–Trinajstić information content (AvgIpc) is 2.98. The number of benzene rings is 1. The molecule has 1 fully saturated rings. The summed E-state index contributed by atoms with van der Waals surface area (Å²) in [5, 5.41) is 3.10. The zero-order valence-electron chi connectivity index (χ0n) is 13.0. The maximum absolute atomic E-state index is 5.94. The van der Waals surface area contributed by atoms with E-state index in [1.165, 1.54) is 25.9 Å². The van der Waals surface area contributed by atoms with Crippen LogP contribution < -0.4 is 15.8 Å². The fourth-order valence-corrected chi connectivity index (χ4v) is 2.61. The van der Waals surface area contributed by atoms with Gasteiger partial charge in [0.05, 0.1) is 7.11 Å². The Bertz CT molecular complexity index is 469. The number of methoxy groups -OCH3 is 1. The Morgan fingerprint density at radius 1 is 1.43 bits per heavy atom. The van der Waals surface area contributed by atoms with E-state index in [0.717, 1.165) is 24.5 Å². The summed E-state index contributed by atoms with van der Waals surface area (Å²) in [5.74, 6) is 1.78. The summed E-state index contributed by atoms with van der Waals surface area (Å²) in [6.07, 6.45) is 2.66. The van der Waals surface area contributed by atoms with E-state index in [1.54, 1.807) is 7.11 Å². The minimum atomic E-state index is 0.455. The van der Waals surface area contributed by atoms with Crippen LogP contribution >= 0.6 is 0 Å². The van der Waals surface area contributed by atoms with Gasteiger partial charge in [-0.25, -0.2) is 0 Å². The number of nitrogens with zero attached hydrogens (tertiary/aromatic N) is 2. The molecule has 0 aromatic heterocycles. The molecule has 0 amide bonds. The first-order valence-corrected chi connectivity index (χ1v) is 7.60. The molecule has 21 heavy (non-hydrogen) atoms. The number of nitrogens with two attached hydrogens (primary N) is 1. The van der Waals surface area contributed by atoms with E-state index in [9.17, 15) is 0 Å². The largest absolute Gasteiger partial charge is 0.497 e. The van der Waals surface area contributed by atoms with E-state index in [2.05, 4.69) is 22.1 Å². The molecule has 0 aliphatic carbocycles. The van der Waals surface area contributed by atoms with Gasteiger partial charge >= 0.3 is 0 Å². The van der Waals surface area contributed by atoms with Gasteiger partial charge in [0.15, 0.2) is 5.96 Å². The monoisotopic (exact) mass is 290 g/mol. The Morgan fingerprint density at radius 2 is 2.19 bits per heavy atom. The molecule has 5 heteroatoms. The Hall–Kier alpha value is -1.75. The lowest BCUT2D eigenvalue weighted by Gasteiger charge is -2.18. The molecule has 5 nitrogen and oxygen atoms in total. The summed E-state index contributed by atoms with van der Waals surface area (Å²) in [7, 11) is 1.65. The summed E-state index contributed by atoms with van der Waals surface area (Å²) in [4.78, 5) is 6.94. The molecule has 0 radical (unpaired) electrons. The topological polar surface area (TPSA) is 62.9 Å². The molecule has 1 atom stereocenters. The molecule has 0 bridgehead atoms. The number of hydrogen-bond donors (Lipinski definition) is 2. The van der Waals surface area contributed by atoms with Crippen LogP contribution in [0.4, 0.5) is 5.69 Å². The van der Waals surface area contributed by atoms with Crippen molar-refractivity contribution in [2.24, 2.45) is 16.6 Å². The van der Waals surface area contributed by atoms with Crippen molar-refractivity contribution in [2.75, 3.05) is 38.6 Å². The second-order valence-electron chi connectivity index (χ2n) is 5.70. The molecule has 1 aromatic carbocycles. The average molecular weight is 290 g/mol. The van der Waals surface area contributed by atoms with Crippen molar-refractivity contribution in [2.45, 2.75) is 19.8 Å². The smallest absolute Gasteiger partial charge is 0.193 e. The lowest BCUT2D eigenvalue weighted by molar-refractivity contribution is 0.292. The number of anilines is 1. The van der Waals surface area contributed by atoms with Crippen LogP contribution in [0.25, 0.3) is 0 Å². The highest BCUT2D eigenvalue weighted by Gasteiger charge is 2.14. The molecule has 1 saturated heterocycles. The van der Waals surface area contributed by atoms with Crippen molar-refractivity contribution in [1.29, 1.82) is 0 Å². The molecule has 1 unspecified atom stereocenters. The van der Waals surface area contributed by atoms with Crippen molar-refractivity contribution in [3.05, 3.63) is 24.3 Å². The molecule has 1 aliphatic rings. The summed E-state index contributed by atoms with van der Waals surface area (Å²) in [5.41, 5.74) is 6.83. The van der Waals surface area contributed by atoms with Gasteiger partial charge in [0.2, 0.25) is 0 Å². The number of rotatable bonds is 6. The first kappa shape index (κ1) is 15.6. The van der Waals surface area contributed by atoms with Crippen LogP contribution in [0.1, 0.15) is 19.8 Å². The third-order valence-corrected chi connectivity index (χ3v) is 3.68. The van der Waals surface area contributed by atoms with E-state index in [-0.39, 0.29) is 0 Å². The highest BCUT2D eigenvalue weighted by atomic mass is 16.5. The second-order valence-corrected chi connectivity index (χ2v) is 5.70. The standard InChI is InChI=1S/C16H26N4O/c1-13(12-20-8-3-4-9-20)11-18-16(17)19-14-6-5-7-15(10-14)21-2/h5-7,10,13H,3-4,8-9,11-12H2,1-2H3,(H3,17,18,19). The van der Waals surface area contributed by atoms with E-state index in [4.69, 9.17) is 10.5 Å². The zero-order valence-corrected chi connectivity index (χ0v) is 13.0. The maximum Gasteiger partial charge on any atom is 0.193 e. The van der Waals surface area contributed by atoms with Gasteiger partial charge in [-0.1, -0.05) is 13.0 Å². The number of nitrogens with one attached hydrogen (secondary N) is 1. The fourth-order valence-electron chi connectivity index (χ4n) is 2.61. The molecule has 3 N–H and O–H groups in total. The van der Waals surface area contributed by atoms with Gasteiger partial charge in [0.1, 0.15) is 5.75 Å². The number of likely N-dealkylation sites (tertiary alicyclic amines) is 1. The van der Waals surface area contributed by atoms with Crippen molar-refractivity contribution in [1.82, 2.24) is 4.90 Å². The van der Waals surface area contributed by atoms with Crippen LogP contribution in [0.3, 0.4) is 0 Å². The van der Waals surface area contributed by atoms with Crippen molar-refractivity contribution in [3.63, 3.8) is 0 Å². The quantitative estimate of drug-likeness (QED) is 0.622. The summed E-state index contributed by atoms with van der Waals surface area (Å²) < 4.78 is 5.18. The lowest BCUT2D eigenvalue weighted by atomic mass is 10.2. The van der Waals surface area contributed by atoms with Gasteiger partial charge in [0, 0.05) is 24.8 Å². The van der Waals surface area contributed by atoms with Crippen LogP contribution in [-0.2, 0) is 0 Å². The molecule has 0 saturated carbocycles. The number of aliphatic imine (C=N–C) groups is 1. The van der Waals surface area contributed by atoms with Crippen molar-refractivity contribution in [3.8, 4) is 5.75 Å². The van der Waals surface area contributed by atoms with E-state index in [1.807, 2.05) is 24.3 Å². The van der Waals surface area contributed by atoms with Crippen LogP contribution in [0.2, 0.25) is 0 Å². The van der Waals surface area contributed by atoms with E-state index < -0.39 is 0 Å². The number of ether oxygens (including phenoxy) is 1. The molecular formula is C16H26N4O. The Kier molecular flexibility index (Phi) is 5.87. The van der Waals surface area contributed by atoms with E-state index in [0.29, 0.717) is 11.9 Å². The predicted octanol–water partition coefficient (Wildman–Crippen LogP) is 2.15. The van der Waals surface area contributed by atoms with Crippen molar-refractivity contribution >= 4 is 11.6 Å². The van der Waals surface area contributed by atoms with Crippen LogP contribution in [0.15, 0.2) is 29.3 Å². The lowest BCUT2D eigenvalue weighted by Crippen LogP contribution is -2.28. The Labute approximate surface area is 127 Å². The molecule has 2 rings (SSSR count). The SMILES string of the molecule is COc1cccc(NC(N)=NCC(C)CN2CCCC2)c1. The summed E-state index contributed by atoms with van der Waals surface area (Å²) >= 11 is 0. The van der Waals surface area contributed by atoms with E-state index >= 15 is 0 Å². The van der Waals surface area contributed by atoms with Gasteiger partial charge in [-0.05, 0) is 44.0 Å². The summed E-state index contributed by atoms with van der Waals surface area (Å²) in [6, 6.07) is 7.66. The van der Waals surface area contributed by atoms with Gasteiger partial charge in [-0.2, -0.15) is 0 Å². The van der Waals surface area contributed by atoms with Crippen LogP contribution in [0, 0.1) is 5.92 Å². The highest BCUT2D eigenvalue weighted by Crippen LogP contribution is 2.16. The predicted molar refractivity (Wildman–Crippen MR) is 87.9 cm³/mol. The fraction of sp³-hybridized carbons (Fsp3) is 0.562. The third-order valence-electron chi connectivity index (χ3n) is 3.68. The van der Waals surface area contributed by atoms with Gasteiger partial charge in [-0.15, -0.1) is 0 Å². The molecular weight excluding hydrogens is 264 g/mol. The van der Waals surface area contributed by atoms with Crippen LogP contribution in [-0.4, -0.2) is 44.1 Å². The second kappa shape index (κ2) is 7.88. The van der Waals surface area contributed by atoms with Gasteiger partial charge in [-0.3, -0.25) is 4.99 Å². The normalized spacial score (nSPS) is 17.7. The minimum absolute atomic E-state index is 0.455. The number of guanidine groups is 1. The first-order chi connectivity index (χ1) is 10.2. The minimum Gasteiger partial charge on any atom is -0.497 e. The van der Waals surface area contributed by atoms with Gasteiger partial charge in [0.25, 0.3) is 0 Å². The molecule has 0 spiro atoms. The Morgan fingerprint density at radius 3 is 2.90 bits per heavy atom. The third kappa shape index (κ3) is 5.27. The number of hydrogen-bond acceptors (Lipinski definition) is 3. The summed E-state index contributed by atoms with van der Waals surface area (Å²) in [6.45, 7) is 6.53. The highest BCUT2D eigenvalue weighted by molar-refractivity contribution is 5.92.